The highest BCUT2D eigenvalue weighted by Gasteiger charge is 2.14. The Balaban J connectivity index is 1.90. The lowest BCUT2D eigenvalue weighted by Gasteiger charge is -2.08. The molecule has 0 radical (unpaired) electrons. The van der Waals surface area contributed by atoms with Crippen molar-refractivity contribution in [2.75, 3.05) is 12.8 Å². The first-order valence-electron chi connectivity index (χ1n) is 8.52. The summed E-state index contributed by atoms with van der Waals surface area (Å²) in [4.78, 5) is 34.8. The second-order valence-corrected chi connectivity index (χ2v) is 8.12. The van der Waals surface area contributed by atoms with E-state index >= 15 is 0 Å². The molecule has 0 spiro atoms. The number of rotatable bonds is 5. The molecule has 0 atom stereocenters. The van der Waals surface area contributed by atoms with E-state index in [4.69, 9.17) is 5.73 Å². The Kier molecular flexibility index (Phi) is 7.27. The van der Waals surface area contributed by atoms with Crippen molar-refractivity contribution in [3.8, 4) is 11.8 Å². The predicted octanol–water partition coefficient (Wildman–Crippen LogP) is 0.112. The van der Waals surface area contributed by atoms with Gasteiger partial charge in [0.2, 0.25) is 5.91 Å². The average molecular weight is 431 g/mol. The monoisotopic (exact) mass is 431 g/mol. The van der Waals surface area contributed by atoms with Crippen LogP contribution in [0.3, 0.4) is 0 Å². The highest BCUT2D eigenvalue weighted by atomic mass is 32.2. The highest BCUT2D eigenvalue weighted by Crippen LogP contribution is 2.14. The van der Waals surface area contributed by atoms with Crippen LogP contribution in [0.1, 0.15) is 21.5 Å². The number of nitrogens with two attached hydrogens (primary N) is 1. The van der Waals surface area contributed by atoms with E-state index in [2.05, 4.69) is 22.5 Å². The molecule has 0 unspecified atom stereocenters. The molecule has 0 fully saturated rings. The molecule has 8 nitrogen and oxygen atoms in total. The Morgan fingerprint density at radius 3 is 2.37 bits per heavy atom. The minimum absolute atomic E-state index is 0.0517. The highest BCUT2D eigenvalue weighted by molar-refractivity contribution is 7.90. The van der Waals surface area contributed by atoms with E-state index in [-0.39, 0.29) is 29.1 Å². The zero-order valence-corrected chi connectivity index (χ0v) is 16.7. The summed E-state index contributed by atoms with van der Waals surface area (Å²) in [5, 5.41) is 4.61. The van der Waals surface area contributed by atoms with Crippen LogP contribution >= 0.6 is 0 Å². The maximum atomic E-state index is 13.9. The van der Waals surface area contributed by atoms with E-state index in [0.29, 0.717) is 5.56 Å². The third-order valence-corrected chi connectivity index (χ3v) is 4.97. The van der Waals surface area contributed by atoms with Crippen LogP contribution < -0.4 is 16.4 Å². The molecule has 3 amide bonds. The molecule has 0 saturated carbocycles. The van der Waals surface area contributed by atoms with Crippen LogP contribution in [-0.4, -0.2) is 38.9 Å². The van der Waals surface area contributed by atoms with Gasteiger partial charge in [0.05, 0.1) is 17.0 Å². The van der Waals surface area contributed by atoms with Crippen molar-refractivity contribution in [1.29, 1.82) is 0 Å². The summed E-state index contributed by atoms with van der Waals surface area (Å²) >= 11 is 0. The minimum Gasteiger partial charge on any atom is -0.366 e. The van der Waals surface area contributed by atoms with Crippen LogP contribution in [0, 0.1) is 17.7 Å². The van der Waals surface area contributed by atoms with Gasteiger partial charge in [0, 0.05) is 18.4 Å². The first kappa shape index (κ1) is 22.6. The average Bonchev–Trinajstić information content (AvgIpc) is 2.69. The quantitative estimate of drug-likeness (QED) is 0.456. The van der Waals surface area contributed by atoms with Gasteiger partial charge >= 0.3 is 11.8 Å². The lowest BCUT2D eigenvalue weighted by Crippen LogP contribution is -2.40. The van der Waals surface area contributed by atoms with Crippen LogP contribution in [0.2, 0.25) is 0 Å². The van der Waals surface area contributed by atoms with Crippen LogP contribution in [0.5, 0.6) is 0 Å². The molecule has 10 heteroatoms. The standard InChI is InChI=1S/C20H18FN3O5S/c1-30(28,29)15-9-8-13(17(21)11-15)6-4-10-23-19(26)20(27)24-12-14-5-2-3-7-16(14)18(22)25/h2-3,5,7-9,11H,10,12H2,1H3,(H2,22,25)(H,23,26)(H,24,27). The number of nitrogens with one attached hydrogen (secondary N) is 2. The normalized spacial score (nSPS) is 10.5. The van der Waals surface area contributed by atoms with Crippen LogP contribution in [0.4, 0.5) is 4.39 Å². The summed E-state index contributed by atoms with van der Waals surface area (Å²) in [6.45, 7) is -0.313. The topological polar surface area (TPSA) is 135 Å². The second kappa shape index (κ2) is 9.67. The Labute approximate surface area is 172 Å². The summed E-state index contributed by atoms with van der Waals surface area (Å²) in [5.41, 5.74) is 5.88. The zero-order chi connectivity index (χ0) is 22.3. The lowest BCUT2D eigenvalue weighted by atomic mass is 10.1. The number of hydrogen-bond acceptors (Lipinski definition) is 5. The molecule has 0 heterocycles. The molecule has 2 aromatic rings. The van der Waals surface area contributed by atoms with Crippen LogP contribution in [0.15, 0.2) is 47.4 Å². The van der Waals surface area contributed by atoms with E-state index in [0.717, 1.165) is 12.3 Å². The van der Waals surface area contributed by atoms with Crippen molar-refractivity contribution < 1.29 is 27.2 Å². The molecular formula is C20H18FN3O5S. The molecule has 156 valence electrons. The summed E-state index contributed by atoms with van der Waals surface area (Å²) in [6, 6.07) is 9.66. The summed E-state index contributed by atoms with van der Waals surface area (Å²) in [6.07, 6.45) is 0.959. The van der Waals surface area contributed by atoms with E-state index in [9.17, 15) is 27.2 Å². The maximum Gasteiger partial charge on any atom is 0.310 e. The Morgan fingerprint density at radius 1 is 1.07 bits per heavy atom. The van der Waals surface area contributed by atoms with Crippen molar-refractivity contribution in [2.45, 2.75) is 11.4 Å². The number of primary amides is 1. The van der Waals surface area contributed by atoms with Gasteiger partial charge in [0.25, 0.3) is 0 Å². The molecule has 0 aliphatic rings. The molecule has 0 saturated heterocycles. The Morgan fingerprint density at radius 2 is 1.73 bits per heavy atom. The van der Waals surface area contributed by atoms with Crippen molar-refractivity contribution in [3.05, 3.63) is 65.0 Å². The molecular weight excluding hydrogens is 413 g/mol. The Hall–Kier alpha value is -3.71. The third kappa shape index (κ3) is 6.15. The molecule has 0 aliphatic heterocycles. The van der Waals surface area contributed by atoms with Crippen LogP contribution in [0.25, 0.3) is 0 Å². The van der Waals surface area contributed by atoms with Gasteiger partial charge in [-0.3, -0.25) is 14.4 Å². The van der Waals surface area contributed by atoms with Gasteiger partial charge in [0.15, 0.2) is 9.84 Å². The van der Waals surface area contributed by atoms with Gasteiger partial charge in [0.1, 0.15) is 5.82 Å². The molecule has 2 aromatic carbocycles. The molecule has 0 aliphatic carbocycles. The summed E-state index contributed by atoms with van der Waals surface area (Å²) < 4.78 is 36.7. The van der Waals surface area contributed by atoms with Crippen LogP contribution in [-0.2, 0) is 26.0 Å². The van der Waals surface area contributed by atoms with Crippen molar-refractivity contribution >= 4 is 27.6 Å². The second-order valence-electron chi connectivity index (χ2n) is 6.10. The lowest BCUT2D eigenvalue weighted by molar-refractivity contribution is -0.139. The van der Waals surface area contributed by atoms with Crippen molar-refractivity contribution in [2.24, 2.45) is 5.73 Å². The summed E-state index contributed by atoms with van der Waals surface area (Å²) in [5.74, 6) is 1.54. The van der Waals surface area contributed by atoms with E-state index in [1.54, 1.807) is 18.2 Å². The third-order valence-electron chi connectivity index (χ3n) is 3.86. The fourth-order valence-electron chi connectivity index (χ4n) is 2.34. The van der Waals surface area contributed by atoms with Gasteiger partial charge in [-0.15, -0.1) is 0 Å². The number of benzene rings is 2. The first-order valence-corrected chi connectivity index (χ1v) is 10.4. The molecule has 0 bridgehead atoms. The first-order chi connectivity index (χ1) is 14.1. The van der Waals surface area contributed by atoms with E-state index < -0.39 is 33.4 Å². The SMILES string of the molecule is CS(=O)(=O)c1ccc(C#CCNC(=O)C(=O)NCc2ccccc2C(N)=O)c(F)c1. The van der Waals surface area contributed by atoms with Gasteiger partial charge in [-0.25, -0.2) is 12.8 Å². The largest absolute Gasteiger partial charge is 0.366 e. The number of sulfone groups is 1. The van der Waals surface area contributed by atoms with Gasteiger partial charge in [-0.1, -0.05) is 30.0 Å². The molecule has 2 rings (SSSR count). The molecule has 0 aromatic heterocycles. The van der Waals surface area contributed by atoms with Crippen molar-refractivity contribution in [3.63, 3.8) is 0 Å². The molecule has 30 heavy (non-hydrogen) atoms. The number of amides is 3. The Bertz CT molecular complexity index is 1170. The minimum atomic E-state index is -3.54. The number of hydrogen-bond donors (Lipinski definition) is 3. The fourth-order valence-corrected chi connectivity index (χ4v) is 2.98. The number of halogens is 1. The smallest absolute Gasteiger partial charge is 0.310 e. The van der Waals surface area contributed by atoms with E-state index in [1.165, 1.54) is 18.2 Å². The van der Waals surface area contributed by atoms with Gasteiger partial charge in [-0.2, -0.15) is 0 Å². The predicted molar refractivity (Wildman–Crippen MR) is 106 cm³/mol. The zero-order valence-electron chi connectivity index (χ0n) is 15.9. The number of carbonyl (C=O) groups excluding carboxylic acids is 3. The van der Waals surface area contributed by atoms with Gasteiger partial charge < -0.3 is 16.4 Å². The fraction of sp³-hybridized carbons (Fsp3) is 0.150. The molecule has 4 N–H and O–H groups in total. The number of carbonyl (C=O) groups is 3. The van der Waals surface area contributed by atoms with E-state index in [1.807, 2.05) is 0 Å². The van der Waals surface area contributed by atoms with Gasteiger partial charge in [-0.05, 0) is 29.8 Å². The van der Waals surface area contributed by atoms with Crippen molar-refractivity contribution in [1.82, 2.24) is 10.6 Å². The summed E-state index contributed by atoms with van der Waals surface area (Å²) in [7, 11) is -3.54. The maximum absolute atomic E-state index is 13.9.